The number of carbonyl (C=O) groups excluding carboxylic acids is 1. The van der Waals surface area contributed by atoms with Gasteiger partial charge in [-0.15, -0.1) is 0 Å². The maximum Gasteiger partial charge on any atom is 0.256 e. The molecule has 0 saturated heterocycles. The lowest BCUT2D eigenvalue weighted by molar-refractivity contribution is 0.0729. The number of benzene rings is 3. The van der Waals surface area contributed by atoms with E-state index >= 15 is 0 Å². The Morgan fingerprint density at radius 3 is 2.41 bits per heavy atom. The Kier molecular flexibility index (Phi) is 4.87. The van der Waals surface area contributed by atoms with E-state index in [2.05, 4.69) is 36.5 Å². The minimum absolute atomic E-state index is 0.0215. The standard InChI is InChI=1S/C23H21ClN2O/c1-2-16-11-13-18(14-12-16)25-22-19-8-4-5-9-20(19)23(27)26(22)15-17-7-3-6-10-21(17)24/h3-14,22,25H,2,15H2,1H3. The van der Waals surface area contributed by atoms with Gasteiger partial charge in [0.05, 0.1) is 0 Å². The Hall–Kier alpha value is -2.78. The van der Waals surface area contributed by atoms with Crippen molar-refractivity contribution in [3.63, 3.8) is 0 Å². The summed E-state index contributed by atoms with van der Waals surface area (Å²) in [5.41, 5.74) is 4.96. The van der Waals surface area contributed by atoms with Gasteiger partial charge < -0.3 is 10.2 Å². The Morgan fingerprint density at radius 1 is 0.963 bits per heavy atom. The van der Waals surface area contributed by atoms with E-state index in [1.165, 1.54) is 5.56 Å². The molecule has 0 saturated carbocycles. The highest BCUT2D eigenvalue weighted by Crippen LogP contribution is 2.36. The van der Waals surface area contributed by atoms with Crippen molar-refractivity contribution in [3.05, 3.63) is 100 Å². The van der Waals surface area contributed by atoms with Crippen LogP contribution in [-0.2, 0) is 13.0 Å². The summed E-state index contributed by atoms with van der Waals surface area (Å²) >= 11 is 6.34. The molecule has 4 rings (SSSR count). The predicted molar refractivity (Wildman–Crippen MR) is 110 cm³/mol. The van der Waals surface area contributed by atoms with Crippen LogP contribution in [0.3, 0.4) is 0 Å². The highest BCUT2D eigenvalue weighted by molar-refractivity contribution is 6.31. The van der Waals surface area contributed by atoms with Gasteiger partial charge in [-0.2, -0.15) is 0 Å². The first-order valence-corrected chi connectivity index (χ1v) is 9.54. The highest BCUT2D eigenvalue weighted by Gasteiger charge is 2.36. The third kappa shape index (κ3) is 3.43. The fourth-order valence-corrected chi connectivity index (χ4v) is 3.69. The summed E-state index contributed by atoms with van der Waals surface area (Å²) in [6.07, 6.45) is 0.779. The van der Waals surface area contributed by atoms with Crippen LogP contribution in [0.1, 0.15) is 40.1 Å². The zero-order valence-corrected chi connectivity index (χ0v) is 15.9. The van der Waals surface area contributed by atoms with Gasteiger partial charge in [-0.25, -0.2) is 0 Å². The normalized spacial score (nSPS) is 15.7. The van der Waals surface area contributed by atoms with E-state index < -0.39 is 0 Å². The number of fused-ring (bicyclic) bond motifs is 1. The van der Waals surface area contributed by atoms with Crippen molar-refractivity contribution in [1.29, 1.82) is 0 Å². The van der Waals surface area contributed by atoms with Crippen molar-refractivity contribution in [2.24, 2.45) is 0 Å². The van der Waals surface area contributed by atoms with E-state index in [0.29, 0.717) is 11.6 Å². The molecule has 1 unspecified atom stereocenters. The molecule has 1 aliphatic rings. The molecule has 0 spiro atoms. The zero-order chi connectivity index (χ0) is 18.8. The zero-order valence-electron chi connectivity index (χ0n) is 15.2. The van der Waals surface area contributed by atoms with Crippen molar-refractivity contribution in [1.82, 2.24) is 4.90 Å². The average Bonchev–Trinajstić information content (AvgIpc) is 2.96. The number of anilines is 1. The van der Waals surface area contributed by atoms with E-state index in [9.17, 15) is 4.79 Å². The van der Waals surface area contributed by atoms with Crippen LogP contribution in [0.4, 0.5) is 5.69 Å². The number of rotatable bonds is 5. The number of hydrogen-bond donors (Lipinski definition) is 1. The topological polar surface area (TPSA) is 32.3 Å². The van der Waals surface area contributed by atoms with Crippen LogP contribution in [-0.4, -0.2) is 10.8 Å². The van der Waals surface area contributed by atoms with Crippen LogP contribution in [0.25, 0.3) is 0 Å². The second-order valence-electron chi connectivity index (χ2n) is 6.71. The van der Waals surface area contributed by atoms with E-state index in [-0.39, 0.29) is 12.1 Å². The monoisotopic (exact) mass is 376 g/mol. The quantitative estimate of drug-likeness (QED) is 0.622. The number of aryl methyl sites for hydroxylation is 1. The molecule has 1 aliphatic heterocycles. The van der Waals surface area contributed by atoms with E-state index in [1.807, 2.05) is 53.4 Å². The molecular weight excluding hydrogens is 356 g/mol. The van der Waals surface area contributed by atoms with Crippen LogP contribution in [0.5, 0.6) is 0 Å². The third-order valence-electron chi connectivity index (χ3n) is 5.02. The summed E-state index contributed by atoms with van der Waals surface area (Å²) in [6, 6.07) is 23.8. The predicted octanol–water partition coefficient (Wildman–Crippen LogP) is 5.67. The molecule has 0 aromatic heterocycles. The van der Waals surface area contributed by atoms with Gasteiger partial charge in [-0.1, -0.05) is 67.1 Å². The highest BCUT2D eigenvalue weighted by atomic mass is 35.5. The number of nitrogens with one attached hydrogen (secondary N) is 1. The molecular formula is C23H21ClN2O. The lowest BCUT2D eigenvalue weighted by Gasteiger charge is -2.27. The second-order valence-corrected chi connectivity index (χ2v) is 7.12. The molecule has 0 aliphatic carbocycles. The van der Waals surface area contributed by atoms with Crippen molar-refractivity contribution in [2.75, 3.05) is 5.32 Å². The summed E-state index contributed by atoms with van der Waals surface area (Å²) in [7, 11) is 0. The van der Waals surface area contributed by atoms with Crippen LogP contribution in [0.2, 0.25) is 5.02 Å². The van der Waals surface area contributed by atoms with Gasteiger partial charge in [0.15, 0.2) is 0 Å². The average molecular weight is 377 g/mol. The first-order valence-electron chi connectivity index (χ1n) is 9.16. The van der Waals surface area contributed by atoms with Crippen LogP contribution >= 0.6 is 11.6 Å². The minimum Gasteiger partial charge on any atom is -0.361 e. The van der Waals surface area contributed by atoms with E-state index in [4.69, 9.17) is 11.6 Å². The first-order chi connectivity index (χ1) is 13.2. The van der Waals surface area contributed by atoms with Crippen LogP contribution in [0.15, 0.2) is 72.8 Å². The maximum atomic E-state index is 13.1. The molecule has 27 heavy (non-hydrogen) atoms. The summed E-state index contributed by atoms with van der Waals surface area (Å²) < 4.78 is 0. The van der Waals surface area contributed by atoms with Crippen LogP contribution < -0.4 is 5.32 Å². The molecule has 1 heterocycles. The summed E-state index contributed by atoms with van der Waals surface area (Å²) in [6.45, 7) is 2.59. The Labute approximate surface area is 164 Å². The van der Waals surface area contributed by atoms with E-state index in [0.717, 1.165) is 28.8 Å². The number of halogens is 1. The number of hydrogen-bond acceptors (Lipinski definition) is 2. The van der Waals surface area contributed by atoms with Crippen LogP contribution in [0, 0.1) is 0 Å². The Balaban J connectivity index is 1.67. The molecule has 136 valence electrons. The van der Waals surface area contributed by atoms with Crippen molar-refractivity contribution < 1.29 is 4.79 Å². The molecule has 1 atom stereocenters. The number of nitrogens with zero attached hydrogens (tertiary/aromatic N) is 1. The minimum atomic E-state index is -0.225. The fraction of sp³-hybridized carbons (Fsp3) is 0.174. The molecule has 3 aromatic rings. The van der Waals surface area contributed by atoms with Crippen molar-refractivity contribution in [3.8, 4) is 0 Å². The smallest absolute Gasteiger partial charge is 0.256 e. The second kappa shape index (κ2) is 7.45. The summed E-state index contributed by atoms with van der Waals surface area (Å²) in [4.78, 5) is 14.9. The molecule has 4 heteroatoms. The first kappa shape index (κ1) is 17.6. The molecule has 1 amide bonds. The summed E-state index contributed by atoms with van der Waals surface area (Å²) in [5.74, 6) is 0.0215. The van der Waals surface area contributed by atoms with Crippen molar-refractivity contribution in [2.45, 2.75) is 26.1 Å². The number of amides is 1. The summed E-state index contributed by atoms with van der Waals surface area (Å²) in [5, 5.41) is 4.20. The number of carbonyl (C=O) groups is 1. The molecule has 0 radical (unpaired) electrons. The Bertz CT molecular complexity index is 968. The molecule has 3 aromatic carbocycles. The maximum absolute atomic E-state index is 13.1. The lowest BCUT2D eigenvalue weighted by atomic mass is 10.1. The van der Waals surface area contributed by atoms with Gasteiger partial charge in [0.1, 0.15) is 6.17 Å². The van der Waals surface area contributed by atoms with Crippen molar-refractivity contribution >= 4 is 23.2 Å². The molecule has 0 bridgehead atoms. The van der Waals surface area contributed by atoms with Gasteiger partial charge in [0.2, 0.25) is 0 Å². The third-order valence-corrected chi connectivity index (χ3v) is 5.39. The van der Waals surface area contributed by atoms with Gasteiger partial charge in [-0.05, 0) is 41.8 Å². The lowest BCUT2D eigenvalue weighted by Crippen LogP contribution is -2.32. The molecule has 3 nitrogen and oxygen atoms in total. The van der Waals surface area contributed by atoms with Gasteiger partial charge >= 0.3 is 0 Å². The largest absolute Gasteiger partial charge is 0.361 e. The molecule has 0 fully saturated rings. The van der Waals surface area contributed by atoms with E-state index in [1.54, 1.807) is 0 Å². The van der Waals surface area contributed by atoms with Gasteiger partial charge in [0.25, 0.3) is 5.91 Å². The fourth-order valence-electron chi connectivity index (χ4n) is 3.49. The SMILES string of the molecule is CCc1ccc(NC2c3ccccc3C(=O)N2Cc2ccccc2Cl)cc1. The Morgan fingerprint density at radius 2 is 1.67 bits per heavy atom. The van der Waals surface area contributed by atoms with Gasteiger partial charge in [0, 0.05) is 28.4 Å². The van der Waals surface area contributed by atoms with Gasteiger partial charge in [-0.3, -0.25) is 4.79 Å². The molecule has 1 N–H and O–H groups in total.